The zero-order valence-corrected chi connectivity index (χ0v) is 20.6. The van der Waals surface area contributed by atoms with Crippen LogP contribution in [0.3, 0.4) is 0 Å². The highest BCUT2D eigenvalue weighted by Gasteiger charge is 2.40. The van der Waals surface area contributed by atoms with Crippen LogP contribution in [-0.4, -0.2) is 54.9 Å². The van der Waals surface area contributed by atoms with E-state index in [9.17, 15) is 8.42 Å². The van der Waals surface area contributed by atoms with Gasteiger partial charge in [-0.3, -0.25) is 4.98 Å². The number of hydrogen-bond acceptors (Lipinski definition) is 6. The second kappa shape index (κ2) is 9.91. The molecule has 0 amide bonds. The van der Waals surface area contributed by atoms with Crippen LogP contribution in [0.25, 0.3) is 0 Å². The minimum absolute atomic E-state index is 0.0411. The van der Waals surface area contributed by atoms with E-state index in [1.807, 2.05) is 43.3 Å². The molecule has 0 aliphatic carbocycles. The van der Waals surface area contributed by atoms with Crippen molar-refractivity contribution >= 4 is 21.5 Å². The molecule has 2 fully saturated rings. The van der Waals surface area contributed by atoms with Gasteiger partial charge in [0, 0.05) is 62.4 Å². The highest BCUT2D eigenvalue weighted by atomic mass is 32.2. The fourth-order valence-corrected chi connectivity index (χ4v) is 7.22. The lowest BCUT2D eigenvalue weighted by Gasteiger charge is -2.38. The average Bonchev–Trinajstić information content (AvgIpc) is 2.88. The number of halogens is 1. The minimum atomic E-state index is -3.60. The molecule has 0 N–H and O–H groups in total. The van der Waals surface area contributed by atoms with E-state index in [2.05, 4.69) is 19.8 Å². The first-order valence-electron chi connectivity index (χ1n) is 12.0. The SMILES string of the molecule is C[C@H]1CCC(c2ccccc2)S(=O)(=O)N1Cc1ccc(N2CCN(c3cnccn3)CC2)cc1F. The van der Waals surface area contributed by atoms with Crippen molar-refractivity contribution in [3.63, 3.8) is 0 Å². The second-order valence-electron chi connectivity index (χ2n) is 9.23. The topological polar surface area (TPSA) is 69.6 Å². The normalized spacial score (nSPS) is 22.8. The summed E-state index contributed by atoms with van der Waals surface area (Å²) in [5.74, 6) is 0.474. The van der Waals surface area contributed by atoms with Gasteiger partial charge in [-0.15, -0.1) is 0 Å². The van der Waals surface area contributed by atoms with E-state index in [1.165, 1.54) is 10.4 Å². The summed E-state index contributed by atoms with van der Waals surface area (Å²) in [5.41, 5.74) is 2.00. The van der Waals surface area contributed by atoms with Gasteiger partial charge in [0.25, 0.3) is 0 Å². The Balaban J connectivity index is 1.29. The number of anilines is 2. The molecule has 9 heteroatoms. The number of rotatable bonds is 5. The molecule has 2 atom stereocenters. The number of hydrogen-bond donors (Lipinski definition) is 0. The van der Waals surface area contributed by atoms with E-state index in [0.29, 0.717) is 12.0 Å². The Labute approximate surface area is 206 Å². The summed E-state index contributed by atoms with van der Waals surface area (Å²) in [6, 6.07) is 14.3. The smallest absolute Gasteiger partial charge is 0.221 e. The molecule has 2 aromatic carbocycles. The summed E-state index contributed by atoms with van der Waals surface area (Å²) in [7, 11) is -3.60. The van der Waals surface area contributed by atoms with Gasteiger partial charge in [0.05, 0.1) is 6.20 Å². The Morgan fingerprint density at radius 3 is 2.40 bits per heavy atom. The van der Waals surface area contributed by atoms with E-state index in [0.717, 1.165) is 49.7 Å². The van der Waals surface area contributed by atoms with Crippen LogP contribution < -0.4 is 9.80 Å². The van der Waals surface area contributed by atoms with Crippen molar-refractivity contribution in [3.05, 3.63) is 84.1 Å². The third-order valence-electron chi connectivity index (χ3n) is 7.08. The van der Waals surface area contributed by atoms with Crippen LogP contribution in [0, 0.1) is 5.82 Å². The Morgan fingerprint density at radius 2 is 1.71 bits per heavy atom. The Morgan fingerprint density at radius 1 is 0.971 bits per heavy atom. The molecule has 35 heavy (non-hydrogen) atoms. The maximum Gasteiger partial charge on any atom is 0.221 e. The molecule has 3 heterocycles. The number of sulfonamides is 1. The molecule has 184 valence electrons. The van der Waals surface area contributed by atoms with E-state index in [-0.39, 0.29) is 18.4 Å². The van der Waals surface area contributed by atoms with Crippen LogP contribution >= 0.6 is 0 Å². The van der Waals surface area contributed by atoms with Crippen LogP contribution in [0.15, 0.2) is 67.1 Å². The van der Waals surface area contributed by atoms with Crippen LogP contribution in [0.5, 0.6) is 0 Å². The largest absolute Gasteiger partial charge is 0.368 e. The fourth-order valence-electron chi connectivity index (χ4n) is 5.03. The van der Waals surface area contributed by atoms with Crippen LogP contribution in [0.4, 0.5) is 15.9 Å². The summed E-state index contributed by atoms with van der Waals surface area (Å²) in [4.78, 5) is 12.8. The number of nitrogens with zero attached hydrogens (tertiary/aromatic N) is 5. The van der Waals surface area contributed by atoms with Gasteiger partial charge in [0.1, 0.15) is 16.9 Å². The van der Waals surface area contributed by atoms with Gasteiger partial charge >= 0.3 is 0 Å². The lowest BCUT2D eigenvalue weighted by molar-refractivity contribution is 0.279. The fraction of sp³-hybridized carbons (Fsp3) is 0.385. The highest BCUT2D eigenvalue weighted by Crippen LogP contribution is 2.38. The quantitative estimate of drug-likeness (QED) is 0.533. The molecule has 2 saturated heterocycles. The standard InChI is InChI=1S/C26H30FN5O2S/c1-20-7-10-25(21-5-3-2-4-6-21)35(33,34)32(20)19-22-8-9-23(17-24(22)27)30-13-15-31(16-14-30)26-18-28-11-12-29-26/h2-6,8-9,11-12,17-18,20,25H,7,10,13-16,19H2,1H3/t20-,25?/m0/s1. The van der Waals surface area contributed by atoms with Gasteiger partial charge in [-0.25, -0.2) is 17.8 Å². The van der Waals surface area contributed by atoms with Crippen molar-refractivity contribution < 1.29 is 12.8 Å². The van der Waals surface area contributed by atoms with Crippen molar-refractivity contribution in [2.75, 3.05) is 36.0 Å². The Kier molecular flexibility index (Phi) is 6.71. The number of benzene rings is 2. The summed E-state index contributed by atoms with van der Waals surface area (Å²) in [6.07, 6.45) is 6.41. The molecular formula is C26H30FN5O2S. The second-order valence-corrected chi connectivity index (χ2v) is 11.3. The molecule has 0 spiro atoms. The van der Waals surface area contributed by atoms with Crippen molar-refractivity contribution in [2.45, 2.75) is 37.6 Å². The minimum Gasteiger partial charge on any atom is -0.368 e. The molecule has 3 aromatic rings. The average molecular weight is 496 g/mol. The van der Waals surface area contributed by atoms with E-state index in [1.54, 1.807) is 24.7 Å². The van der Waals surface area contributed by atoms with Gasteiger partial charge in [0.15, 0.2) is 0 Å². The molecule has 5 rings (SSSR count). The van der Waals surface area contributed by atoms with Crippen molar-refractivity contribution in [1.29, 1.82) is 0 Å². The monoisotopic (exact) mass is 495 g/mol. The van der Waals surface area contributed by atoms with E-state index in [4.69, 9.17) is 0 Å². The van der Waals surface area contributed by atoms with Gasteiger partial charge in [-0.1, -0.05) is 36.4 Å². The maximum atomic E-state index is 15.2. The molecule has 2 aliphatic heterocycles. The molecule has 7 nitrogen and oxygen atoms in total. The Hall–Kier alpha value is -3.04. The molecule has 1 unspecified atom stereocenters. The lowest BCUT2D eigenvalue weighted by atomic mass is 10.0. The van der Waals surface area contributed by atoms with Crippen molar-refractivity contribution in [3.8, 4) is 0 Å². The number of piperazine rings is 1. The summed E-state index contributed by atoms with van der Waals surface area (Å²) in [6.45, 7) is 4.97. The molecule has 1 aromatic heterocycles. The van der Waals surface area contributed by atoms with Crippen molar-refractivity contribution in [1.82, 2.24) is 14.3 Å². The first-order valence-corrected chi connectivity index (χ1v) is 13.5. The van der Waals surface area contributed by atoms with Gasteiger partial charge < -0.3 is 9.80 Å². The zero-order valence-electron chi connectivity index (χ0n) is 19.8. The van der Waals surface area contributed by atoms with E-state index < -0.39 is 15.3 Å². The highest BCUT2D eigenvalue weighted by molar-refractivity contribution is 7.89. The summed E-state index contributed by atoms with van der Waals surface area (Å²) in [5, 5.41) is -0.590. The van der Waals surface area contributed by atoms with Crippen LogP contribution in [0.1, 0.15) is 36.1 Å². The van der Waals surface area contributed by atoms with Gasteiger partial charge in [-0.05, 0) is 37.5 Å². The van der Waals surface area contributed by atoms with Gasteiger partial charge in [-0.2, -0.15) is 4.31 Å². The third-order valence-corrected chi connectivity index (χ3v) is 9.45. The molecule has 2 aliphatic rings. The Bertz CT molecular complexity index is 1250. The van der Waals surface area contributed by atoms with Gasteiger partial charge in [0.2, 0.25) is 10.0 Å². The van der Waals surface area contributed by atoms with E-state index >= 15 is 4.39 Å². The molecular weight excluding hydrogens is 465 g/mol. The summed E-state index contributed by atoms with van der Waals surface area (Å²) < 4.78 is 43.7. The third kappa shape index (κ3) is 4.88. The predicted octanol–water partition coefficient (Wildman–Crippen LogP) is 4.00. The molecule has 0 radical (unpaired) electrons. The molecule has 0 saturated carbocycles. The zero-order chi connectivity index (χ0) is 24.4. The first kappa shape index (κ1) is 23.7. The first-order chi connectivity index (χ1) is 16.9. The molecule has 0 bridgehead atoms. The lowest BCUT2D eigenvalue weighted by Crippen LogP contribution is -2.47. The van der Waals surface area contributed by atoms with Crippen LogP contribution in [-0.2, 0) is 16.6 Å². The summed E-state index contributed by atoms with van der Waals surface area (Å²) >= 11 is 0. The number of aromatic nitrogens is 2. The van der Waals surface area contributed by atoms with Crippen molar-refractivity contribution in [2.24, 2.45) is 0 Å². The maximum absolute atomic E-state index is 15.2. The predicted molar refractivity (Wildman–Crippen MR) is 135 cm³/mol. The van der Waals surface area contributed by atoms with Crippen LogP contribution in [0.2, 0.25) is 0 Å².